The van der Waals surface area contributed by atoms with Gasteiger partial charge in [-0.25, -0.2) is 14.4 Å². The van der Waals surface area contributed by atoms with Crippen LogP contribution in [0.15, 0.2) is 29.6 Å². The standard InChI is InChI=1S/C18H19FN4OS/c1-3-4-15(24)20-9-14-22-16(12-5-7-13(19)8-6-12)17(23-14)18-21-11(2)10-25-18/h5-8,10H,3-4,9H2,1-2H3,(H,20,24)(H,22,23). The van der Waals surface area contributed by atoms with Gasteiger partial charge in [0.15, 0.2) is 0 Å². The van der Waals surface area contributed by atoms with Crippen LogP contribution >= 0.6 is 11.3 Å². The topological polar surface area (TPSA) is 70.7 Å². The van der Waals surface area contributed by atoms with Crippen LogP contribution in [0, 0.1) is 12.7 Å². The maximum atomic E-state index is 13.2. The second-order valence-electron chi connectivity index (χ2n) is 5.73. The molecule has 7 heteroatoms. The van der Waals surface area contributed by atoms with Gasteiger partial charge in [0.2, 0.25) is 5.91 Å². The van der Waals surface area contributed by atoms with E-state index in [1.807, 2.05) is 19.2 Å². The minimum Gasteiger partial charge on any atom is -0.349 e. The van der Waals surface area contributed by atoms with Gasteiger partial charge >= 0.3 is 0 Å². The maximum Gasteiger partial charge on any atom is 0.220 e. The molecular formula is C18H19FN4OS. The summed E-state index contributed by atoms with van der Waals surface area (Å²) in [6.07, 6.45) is 1.29. The lowest BCUT2D eigenvalue weighted by Gasteiger charge is -2.00. The molecule has 0 fully saturated rings. The number of rotatable bonds is 6. The second-order valence-corrected chi connectivity index (χ2v) is 6.59. The van der Waals surface area contributed by atoms with Gasteiger partial charge in [0.25, 0.3) is 0 Å². The minimum absolute atomic E-state index is 0.00567. The Morgan fingerprint density at radius 2 is 2.04 bits per heavy atom. The van der Waals surface area contributed by atoms with E-state index in [2.05, 4.69) is 20.3 Å². The van der Waals surface area contributed by atoms with Crippen LogP contribution in [0.25, 0.3) is 22.0 Å². The minimum atomic E-state index is -0.294. The molecule has 0 radical (unpaired) electrons. The summed E-state index contributed by atoms with van der Waals surface area (Å²) in [7, 11) is 0. The van der Waals surface area contributed by atoms with Crippen LogP contribution in [0.4, 0.5) is 4.39 Å². The molecule has 1 amide bonds. The molecule has 3 aromatic rings. The lowest BCUT2D eigenvalue weighted by molar-refractivity contribution is -0.121. The van der Waals surface area contributed by atoms with Crippen molar-refractivity contribution in [2.24, 2.45) is 0 Å². The predicted octanol–water partition coefficient (Wildman–Crippen LogP) is 4.06. The number of thiazole rings is 1. The summed E-state index contributed by atoms with van der Waals surface area (Å²) < 4.78 is 13.2. The van der Waals surface area contributed by atoms with Gasteiger partial charge < -0.3 is 10.3 Å². The number of aromatic nitrogens is 3. The van der Waals surface area contributed by atoms with Gasteiger partial charge in [0.1, 0.15) is 22.3 Å². The van der Waals surface area contributed by atoms with Crippen LogP contribution in [0.1, 0.15) is 31.3 Å². The highest BCUT2D eigenvalue weighted by molar-refractivity contribution is 7.13. The molecule has 0 spiro atoms. The van der Waals surface area contributed by atoms with Crippen molar-refractivity contribution in [3.05, 3.63) is 47.0 Å². The summed E-state index contributed by atoms with van der Waals surface area (Å²) in [6.45, 7) is 4.21. The second kappa shape index (κ2) is 7.57. The van der Waals surface area contributed by atoms with E-state index in [4.69, 9.17) is 0 Å². The van der Waals surface area contributed by atoms with Crippen LogP contribution in [0.3, 0.4) is 0 Å². The number of carbonyl (C=O) groups excluding carboxylic acids is 1. The zero-order chi connectivity index (χ0) is 17.8. The Kier molecular flexibility index (Phi) is 5.23. The quantitative estimate of drug-likeness (QED) is 0.698. The molecule has 25 heavy (non-hydrogen) atoms. The van der Waals surface area contributed by atoms with Crippen molar-refractivity contribution in [1.29, 1.82) is 0 Å². The molecule has 0 saturated carbocycles. The van der Waals surface area contributed by atoms with Gasteiger partial charge in [-0.1, -0.05) is 6.92 Å². The van der Waals surface area contributed by atoms with Gasteiger partial charge in [-0.05, 0) is 37.6 Å². The van der Waals surface area contributed by atoms with E-state index >= 15 is 0 Å². The fourth-order valence-electron chi connectivity index (χ4n) is 2.44. The number of nitrogens with zero attached hydrogens (tertiary/aromatic N) is 2. The van der Waals surface area contributed by atoms with E-state index in [9.17, 15) is 9.18 Å². The Morgan fingerprint density at radius 3 is 2.68 bits per heavy atom. The van der Waals surface area contributed by atoms with Crippen LogP contribution in [-0.2, 0) is 11.3 Å². The first-order valence-electron chi connectivity index (χ1n) is 8.11. The molecule has 0 aliphatic carbocycles. The summed E-state index contributed by atoms with van der Waals surface area (Å²) in [5.74, 6) is 0.346. The number of hydrogen-bond acceptors (Lipinski definition) is 4. The SMILES string of the molecule is CCCC(=O)NCc1nc(-c2ccc(F)cc2)c(-c2nc(C)cs2)[nH]1. The molecule has 0 saturated heterocycles. The van der Waals surface area contributed by atoms with Crippen LogP contribution in [0.5, 0.6) is 0 Å². The summed E-state index contributed by atoms with van der Waals surface area (Å²) in [6, 6.07) is 6.19. The number of aryl methyl sites for hydroxylation is 1. The lowest BCUT2D eigenvalue weighted by Crippen LogP contribution is -2.22. The number of benzene rings is 1. The van der Waals surface area contributed by atoms with E-state index < -0.39 is 0 Å². The summed E-state index contributed by atoms with van der Waals surface area (Å²) in [5.41, 5.74) is 3.21. The Morgan fingerprint density at radius 1 is 1.28 bits per heavy atom. The third kappa shape index (κ3) is 4.11. The van der Waals surface area contributed by atoms with Gasteiger partial charge in [-0.3, -0.25) is 4.79 Å². The van der Waals surface area contributed by atoms with Crippen molar-refractivity contribution in [1.82, 2.24) is 20.3 Å². The van der Waals surface area contributed by atoms with E-state index in [-0.39, 0.29) is 11.7 Å². The normalized spacial score (nSPS) is 10.8. The molecule has 0 aliphatic heterocycles. The molecule has 3 rings (SSSR count). The molecular weight excluding hydrogens is 339 g/mol. The number of carbonyl (C=O) groups is 1. The van der Waals surface area contributed by atoms with Crippen LogP contribution in [0.2, 0.25) is 0 Å². The molecule has 5 nitrogen and oxygen atoms in total. The number of imidazole rings is 1. The van der Waals surface area contributed by atoms with Crippen molar-refractivity contribution in [2.75, 3.05) is 0 Å². The number of amides is 1. The Bertz CT molecular complexity index is 870. The fourth-order valence-corrected chi connectivity index (χ4v) is 3.24. The van der Waals surface area contributed by atoms with Gasteiger partial charge in [-0.2, -0.15) is 0 Å². The molecule has 0 bridgehead atoms. The molecule has 130 valence electrons. The number of H-pyrrole nitrogens is 1. The van der Waals surface area contributed by atoms with Crippen LogP contribution < -0.4 is 5.32 Å². The van der Waals surface area contributed by atoms with Gasteiger partial charge in [0, 0.05) is 23.1 Å². The zero-order valence-electron chi connectivity index (χ0n) is 14.1. The summed E-state index contributed by atoms with van der Waals surface area (Å²) in [5, 5.41) is 5.63. The van der Waals surface area contributed by atoms with Crippen molar-refractivity contribution < 1.29 is 9.18 Å². The number of aromatic amines is 1. The molecule has 0 aliphatic rings. The van der Waals surface area contributed by atoms with Gasteiger partial charge in [0.05, 0.1) is 12.2 Å². The first-order chi connectivity index (χ1) is 12.1. The molecule has 0 unspecified atom stereocenters. The summed E-state index contributed by atoms with van der Waals surface area (Å²) >= 11 is 1.52. The third-order valence-electron chi connectivity index (χ3n) is 3.63. The zero-order valence-corrected chi connectivity index (χ0v) is 14.9. The maximum absolute atomic E-state index is 13.2. The van der Waals surface area contributed by atoms with Crippen LogP contribution in [-0.4, -0.2) is 20.9 Å². The number of hydrogen-bond donors (Lipinski definition) is 2. The fraction of sp³-hybridized carbons (Fsp3) is 0.278. The number of halogens is 1. The lowest BCUT2D eigenvalue weighted by atomic mass is 10.1. The first-order valence-corrected chi connectivity index (χ1v) is 8.98. The highest BCUT2D eigenvalue weighted by Crippen LogP contribution is 2.32. The largest absolute Gasteiger partial charge is 0.349 e. The highest BCUT2D eigenvalue weighted by atomic mass is 32.1. The average molecular weight is 358 g/mol. The van der Waals surface area contributed by atoms with Crippen molar-refractivity contribution in [2.45, 2.75) is 33.2 Å². The Hall–Kier alpha value is -2.54. The van der Waals surface area contributed by atoms with Crippen molar-refractivity contribution >= 4 is 17.2 Å². The van der Waals surface area contributed by atoms with E-state index in [1.54, 1.807) is 12.1 Å². The first kappa shape index (κ1) is 17.3. The molecule has 2 aromatic heterocycles. The Balaban J connectivity index is 1.94. The summed E-state index contributed by atoms with van der Waals surface area (Å²) in [4.78, 5) is 24.0. The monoisotopic (exact) mass is 358 g/mol. The molecule has 2 N–H and O–H groups in total. The molecule has 1 aromatic carbocycles. The average Bonchev–Trinajstić information content (AvgIpc) is 3.20. The Labute approximate surface area is 149 Å². The highest BCUT2D eigenvalue weighted by Gasteiger charge is 2.17. The predicted molar refractivity (Wildman–Crippen MR) is 96.6 cm³/mol. The van der Waals surface area contributed by atoms with E-state index in [0.29, 0.717) is 24.5 Å². The smallest absolute Gasteiger partial charge is 0.220 e. The van der Waals surface area contributed by atoms with E-state index in [1.165, 1.54) is 23.5 Å². The third-order valence-corrected chi connectivity index (χ3v) is 4.61. The number of nitrogens with one attached hydrogen (secondary N) is 2. The van der Waals surface area contributed by atoms with Crippen molar-refractivity contribution in [3.8, 4) is 22.0 Å². The molecule has 2 heterocycles. The molecule has 0 atom stereocenters. The van der Waals surface area contributed by atoms with Crippen molar-refractivity contribution in [3.63, 3.8) is 0 Å². The van der Waals surface area contributed by atoms with Gasteiger partial charge in [-0.15, -0.1) is 11.3 Å². The van der Waals surface area contributed by atoms with E-state index in [0.717, 1.165) is 28.4 Å².